The lowest BCUT2D eigenvalue weighted by molar-refractivity contribution is 0.626. The third kappa shape index (κ3) is 3.10. The van der Waals surface area contributed by atoms with E-state index < -0.39 is 5.82 Å². The van der Waals surface area contributed by atoms with Crippen molar-refractivity contribution in [3.05, 3.63) is 68.9 Å². The van der Waals surface area contributed by atoms with Gasteiger partial charge in [-0.05, 0) is 35.7 Å². The summed E-state index contributed by atoms with van der Waals surface area (Å²) < 4.78 is 14.0. The second kappa shape index (κ2) is 5.83. The summed E-state index contributed by atoms with van der Waals surface area (Å²) in [7, 11) is 0. The van der Waals surface area contributed by atoms with Gasteiger partial charge in [0.25, 0.3) is 0 Å². The maximum Gasteiger partial charge on any atom is 0.141 e. The Hall–Kier alpha value is -0.900. The largest absolute Gasteiger partial charge is 0.324 e. The van der Waals surface area contributed by atoms with Gasteiger partial charge in [-0.15, -0.1) is 0 Å². The van der Waals surface area contributed by atoms with Crippen LogP contribution in [0.3, 0.4) is 0 Å². The fourth-order valence-corrected chi connectivity index (χ4v) is 2.59. The third-order valence-electron chi connectivity index (χ3n) is 2.74. The summed E-state index contributed by atoms with van der Waals surface area (Å²) in [5, 5.41) is 0.131. The lowest BCUT2D eigenvalue weighted by Crippen LogP contribution is -2.13. The van der Waals surface area contributed by atoms with Gasteiger partial charge in [0.2, 0.25) is 0 Å². The van der Waals surface area contributed by atoms with Crippen molar-refractivity contribution in [2.24, 2.45) is 5.73 Å². The molecule has 1 nitrogen and oxygen atoms in total. The quantitative estimate of drug-likeness (QED) is 0.883. The summed E-state index contributed by atoms with van der Waals surface area (Å²) in [6.45, 7) is 0. The van der Waals surface area contributed by atoms with E-state index in [9.17, 15) is 4.39 Å². The van der Waals surface area contributed by atoms with Crippen molar-refractivity contribution in [2.45, 2.75) is 12.5 Å². The van der Waals surface area contributed by atoms with E-state index in [-0.39, 0.29) is 11.1 Å². The maximum absolute atomic E-state index is 13.1. The minimum atomic E-state index is -0.408. The normalized spacial score (nSPS) is 12.4. The van der Waals surface area contributed by atoms with E-state index in [1.165, 1.54) is 6.07 Å². The van der Waals surface area contributed by atoms with Gasteiger partial charge < -0.3 is 5.73 Å². The molecule has 18 heavy (non-hydrogen) atoms. The Balaban J connectivity index is 2.19. The van der Waals surface area contributed by atoms with Crippen LogP contribution in [-0.2, 0) is 6.42 Å². The molecule has 0 saturated carbocycles. The second-order valence-electron chi connectivity index (χ2n) is 4.08. The van der Waals surface area contributed by atoms with Crippen LogP contribution in [0, 0.1) is 5.82 Å². The third-order valence-corrected chi connectivity index (χ3v) is 3.76. The number of hydrogen-bond donors (Lipinski definition) is 1. The van der Waals surface area contributed by atoms with Crippen LogP contribution < -0.4 is 5.73 Å². The number of hydrogen-bond acceptors (Lipinski definition) is 1. The Bertz CT molecular complexity index is 559. The Labute approximate surface area is 119 Å². The minimum absolute atomic E-state index is 0.131. The zero-order valence-corrected chi connectivity index (χ0v) is 11.9. The van der Waals surface area contributed by atoms with Crippen LogP contribution in [-0.4, -0.2) is 0 Å². The molecule has 0 aromatic heterocycles. The molecule has 1 unspecified atom stereocenters. The zero-order chi connectivity index (χ0) is 13.1. The van der Waals surface area contributed by atoms with Crippen molar-refractivity contribution >= 4 is 27.5 Å². The van der Waals surface area contributed by atoms with Gasteiger partial charge in [-0.3, -0.25) is 0 Å². The fourth-order valence-electron chi connectivity index (χ4n) is 1.81. The molecule has 0 saturated heterocycles. The average Bonchev–Trinajstić information content (AvgIpc) is 2.34. The van der Waals surface area contributed by atoms with Gasteiger partial charge in [0.15, 0.2) is 0 Å². The second-order valence-corrected chi connectivity index (χ2v) is 5.34. The first-order valence-electron chi connectivity index (χ1n) is 5.52. The smallest absolute Gasteiger partial charge is 0.141 e. The van der Waals surface area contributed by atoms with E-state index in [1.807, 2.05) is 24.3 Å². The molecule has 0 amide bonds. The minimum Gasteiger partial charge on any atom is -0.324 e. The molecule has 0 aliphatic carbocycles. The van der Waals surface area contributed by atoms with E-state index >= 15 is 0 Å². The molecule has 2 N–H and O–H groups in total. The van der Waals surface area contributed by atoms with Gasteiger partial charge in [0, 0.05) is 10.5 Å². The average molecular weight is 329 g/mol. The Morgan fingerprint density at radius 1 is 1.22 bits per heavy atom. The monoisotopic (exact) mass is 327 g/mol. The highest BCUT2D eigenvalue weighted by Gasteiger charge is 2.11. The zero-order valence-electron chi connectivity index (χ0n) is 9.54. The highest BCUT2D eigenvalue weighted by molar-refractivity contribution is 9.10. The van der Waals surface area contributed by atoms with E-state index in [1.54, 1.807) is 12.1 Å². The first kappa shape index (κ1) is 13.5. The summed E-state index contributed by atoms with van der Waals surface area (Å²) in [4.78, 5) is 0. The van der Waals surface area contributed by atoms with Gasteiger partial charge >= 0.3 is 0 Å². The van der Waals surface area contributed by atoms with Crippen molar-refractivity contribution < 1.29 is 4.39 Å². The molecule has 0 heterocycles. The van der Waals surface area contributed by atoms with Crippen LogP contribution in [0.25, 0.3) is 0 Å². The molecule has 2 aromatic carbocycles. The SMILES string of the molecule is NC(Cc1ccc(F)c(Cl)c1)c1ccccc1Br. The number of rotatable bonds is 3. The predicted molar refractivity (Wildman–Crippen MR) is 76.2 cm³/mol. The highest BCUT2D eigenvalue weighted by atomic mass is 79.9. The maximum atomic E-state index is 13.1. The van der Waals surface area contributed by atoms with Gasteiger partial charge in [-0.1, -0.05) is 51.8 Å². The van der Waals surface area contributed by atoms with E-state index in [0.29, 0.717) is 6.42 Å². The topological polar surface area (TPSA) is 26.0 Å². The molecule has 0 spiro atoms. The van der Waals surface area contributed by atoms with E-state index in [0.717, 1.165) is 15.6 Å². The van der Waals surface area contributed by atoms with Crippen molar-refractivity contribution in [1.82, 2.24) is 0 Å². The first-order valence-corrected chi connectivity index (χ1v) is 6.69. The number of benzene rings is 2. The van der Waals surface area contributed by atoms with Gasteiger partial charge in [0.1, 0.15) is 5.82 Å². The standard InChI is InChI=1S/C14H12BrClFN/c15-11-4-2-1-3-10(11)14(18)8-9-5-6-13(17)12(16)7-9/h1-7,14H,8,18H2. The molecule has 2 rings (SSSR count). The molecule has 0 bridgehead atoms. The van der Waals surface area contributed by atoms with E-state index in [2.05, 4.69) is 15.9 Å². The van der Waals surface area contributed by atoms with Gasteiger partial charge in [-0.25, -0.2) is 4.39 Å². The lowest BCUT2D eigenvalue weighted by atomic mass is 10.00. The fraction of sp³-hybridized carbons (Fsp3) is 0.143. The highest BCUT2D eigenvalue weighted by Crippen LogP contribution is 2.25. The van der Waals surface area contributed by atoms with Crippen molar-refractivity contribution in [3.8, 4) is 0 Å². The number of halogens is 3. The van der Waals surface area contributed by atoms with Crippen molar-refractivity contribution in [3.63, 3.8) is 0 Å². The molecular weight excluding hydrogens is 317 g/mol. The van der Waals surface area contributed by atoms with Gasteiger partial charge in [-0.2, -0.15) is 0 Å². The molecule has 0 fully saturated rings. The van der Waals surface area contributed by atoms with Crippen LogP contribution in [0.2, 0.25) is 5.02 Å². The van der Waals surface area contributed by atoms with Crippen LogP contribution in [0.5, 0.6) is 0 Å². The molecule has 4 heteroatoms. The summed E-state index contributed by atoms with van der Waals surface area (Å²) in [5.41, 5.74) is 8.10. The molecule has 0 radical (unpaired) electrons. The van der Waals surface area contributed by atoms with Crippen molar-refractivity contribution in [2.75, 3.05) is 0 Å². The summed E-state index contributed by atoms with van der Waals surface area (Å²) >= 11 is 9.22. The predicted octanol–water partition coefficient (Wildman–Crippen LogP) is 4.48. The Morgan fingerprint density at radius 2 is 1.94 bits per heavy atom. The van der Waals surface area contributed by atoms with Crippen LogP contribution >= 0.6 is 27.5 Å². The summed E-state index contributed by atoms with van der Waals surface area (Å²) in [5.74, 6) is -0.408. The molecular formula is C14H12BrClFN. The molecule has 2 aromatic rings. The Morgan fingerprint density at radius 3 is 2.61 bits per heavy atom. The van der Waals surface area contributed by atoms with Crippen molar-refractivity contribution in [1.29, 1.82) is 0 Å². The molecule has 1 atom stereocenters. The Kier molecular flexibility index (Phi) is 4.38. The molecule has 94 valence electrons. The summed E-state index contributed by atoms with van der Waals surface area (Å²) in [6, 6.07) is 12.3. The summed E-state index contributed by atoms with van der Waals surface area (Å²) in [6.07, 6.45) is 0.614. The molecule has 0 aliphatic rings. The lowest BCUT2D eigenvalue weighted by Gasteiger charge is -2.14. The molecule has 0 aliphatic heterocycles. The first-order chi connectivity index (χ1) is 8.58. The van der Waals surface area contributed by atoms with E-state index in [4.69, 9.17) is 17.3 Å². The van der Waals surface area contributed by atoms with Crippen LogP contribution in [0.1, 0.15) is 17.2 Å². The van der Waals surface area contributed by atoms with Crippen LogP contribution in [0.4, 0.5) is 4.39 Å². The van der Waals surface area contributed by atoms with Crippen LogP contribution in [0.15, 0.2) is 46.9 Å². The van der Waals surface area contributed by atoms with Gasteiger partial charge in [0.05, 0.1) is 5.02 Å². The number of nitrogens with two attached hydrogens (primary N) is 1.